The first-order valence-corrected chi connectivity index (χ1v) is 15.0. The Morgan fingerprint density at radius 2 is 0.909 bits per heavy atom. The number of fused-ring (bicyclic) bond motifs is 7. The first-order valence-electron chi connectivity index (χ1n) is 15.0. The van der Waals surface area contributed by atoms with Crippen molar-refractivity contribution >= 4 is 54.3 Å². The maximum absolute atomic E-state index is 5.38. The largest absolute Gasteiger partial charge is 0.256 e. The SMILES string of the molecule is c1cc(-c2ccccc2-c2cccc3cccnc23)cc(-c2c3ccc4ccccc4c3nc3c2ccc2ccccc23)c1. The number of benzene rings is 7. The molecule has 0 unspecified atom stereocenters. The minimum Gasteiger partial charge on any atom is -0.256 e. The van der Waals surface area contributed by atoms with E-state index in [1.165, 1.54) is 49.4 Å². The van der Waals surface area contributed by atoms with E-state index in [0.29, 0.717) is 0 Å². The van der Waals surface area contributed by atoms with Crippen LogP contribution in [0, 0.1) is 0 Å². The van der Waals surface area contributed by atoms with Gasteiger partial charge >= 0.3 is 0 Å². The molecule has 9 aromatic rings. The van der Waals surface area contributed by atoms with Crippen LogP contribution < -0.4 is 0 Å². The first-order chi connectivity index (χ1) is 21.8. The number of rotatable bonds is 3. The van der Waals surface area contributed by atoms with Crippen molar-refractivity contribution in [2.24, 2.45) is 0 Å². The second kappa shape index (κ2) is 9.86. The Morgan fingerprint density at radius 3 is 1.66 bits per heavy atom. The van der Waals surface area contributed by atoms with E-state index in [2.05, 4.69) is 146 Å². The summed E-state index contributed by atoms with van der Waals surface area (Å²) in [6.45, 7) is 0. The van der Waals surface area contributed by atoms with E-state index in [0.717, 1.165) is 38.3 Å². The molecule has 0 N–H and O–H groups in total. The summed E-state index contributed by atoms with van der Waals surface area (Å²) in [4.78, 5) is 10.1. The number of pyridine rings is 2. The van der Waals surface area contributed by atoms with Crippen LogP contribution in [0.3, 0.4) is 0 Å². The molecule has 2 nitrogen and oxygen atoms in total. The van der Waals surface area contributed by atoms with Crippen LogP contribution in [0.1, 0.15) is 0 Å². The third-order valence-electron chi connectivity index (χ3n) is 8.88. The Morgan fingerprint density at radius 1 is 0.341 bits per heavy atom. The van der Waals surface area contributed by atoms with Crippen LogP contribution in [-0.4, -0.2) is 9.97 Å². The lowest BCUT2D eigenvalue weighted by Gasteiger charge is -2.16. The van der Waals surface area contributed by atoms with Crippen molar-refractivity contribution in [3.05, 3.63) is 158 Å². The third kappa shape index (κ3) is 3.82. The number of nitrogens with zero attached hydrogens (tertiary/aromatic N) is 2. The van der Waals surface area contributed by atoms with E-state index in [4.69, 9.17) is 9.97 Å². The zero-order valence-corrected chi connectivity index (χ0v) is 23.9. The van der Waals surface area contributed by atoms with Gasteiger partial charge in [0.15, 0.2) is 0 Å². The summed E-state index contributed by atoms with van der Waals surface area (Å²) in [6, 6.07) is 54.3. The fraction of sp³-hybridized carbons (Fsp3) is 0. The minimum atomic E-state index is 1.02. The van der Waals surface area contributed by atoms with Crippen molar-refractivity contribution in [2.45, 2.75) is 0 Å². The van der Waals surface area contributed by atoms with E-state index in [9.17, 15) is 0 Å². The maximum atomic E-state index is 5.38. The molecule has 0 saturated heterocycles. The Balaban J connectivity index is 1.34. The van der Waals surface area contributed by atoms with Crippen LogP contribution in [-0.2, 0) is 0 Å². The van der Waals surface area contributed by atoms with E-state index in [1.807, 2.05) is 12.3 Å². The van der Waals surface area contributed by atoms with Gasteiger partial charge in [-0.25, -0.2) is 4.98 Å². The van der Waals surface area contributed by atoms with Crippen molar-refractivity contribution in [3.63, 3.8) is 0 Å². The molecule has 2 heteroatoms. The molecule has 0 atom stereocenters. The van der Waals surface area contributed by atoms with Crippen LogP contribution in [0.15, 0.2) is 158 Å². The van der Waals surface area contributed by atoms with Crippen molar-refractivity contribution in [3.8, 4) is 33.4 Å². The van der Waals surface area contributed by atoms with Gasteiger partial charge in [-0.15, -0.1) is 0 Å². The number of hydrogen-bond donors (Lipinski definition) is 0. The molecule has 0 bridgehead atoms. The summed E-state index contributed by atoms with van der Waals surface area (Å²) in [7, 11) is 0. The highest BCUT2D eigenvalue weighted by Crippen LogP contribution is 2.42. The molecule has 0 aliphatic heterocycles. The molecular weight excluding hydrogens is 532 g/mol. The second-order valence-corrected chi connectivity index (χ2v) is 11.4. The molecule has 2 heterocycles. The molecular formula is C42H26N2. The van der Waals surface area contributed by atoms with Gasteiger partial charge in [0.2, 0.25) is 0 Å². The topological polar surface area (TPSA) is 25.8 Å². The van der Waals surface area contributed by atoms with Crippen LogP contribution in [0.25, 0.3) is 87.6 Å². The predicted molar refractivity (Wildman–Crippen MR) is 186 cm³/mol. The van der Waals surface area contributed by atoms with Gasteiger partial charge in [-0.05, 0) is 45.2 Å². The zero-order chi connectivity index (χ0) is 29.0. The van der Waals surface area contributed by atoms with Gasteiger partial charge in [0.1, 0.15) is 0 Å². The molecule has 0 aliphatic carbocycles. The average molecular weight is 559 g/mol. The Hall–Kier alpha value is -5.86. The van der Waals surface area contributed by atoms with Crippen molar-refractivity contribution in [1.82, 2.24) is 9.97 Å². The molecule has 0 aliphatic rings. The second-order valence-electron chi connectivity index (χ2n) is 11.4. The normalized spacial score (nSPS) is 11.6. The van der Waals surface area contributed by atoms with Gasteiger partial charge in [0.05, 0.1) is 16.6 Å². The van der Waals surface area contributed by atoms with Crippen LogP contribution >= 0.6 is 0 Å². The quantitative estimate of drug-likeness (QED) is 0.159. The van der Waals surface area contributed by atoms with E-state index >= 15 is 0 Å². The lowest BCUT2D eigenvalue weighted by atomic mass is 9.89. The summed E-state index contributed by atoms with van der Waals surface area (Å²) >= 11 is 0. The lowest BCUT2D eigenvalue weighted by molar-refractivity contribution is 1.41. The van der Waals surface area contributed by atoms with Gasteiger partial charge in [-0.1, -0.05) is 140 Å². The van der Waals surface area contributed by atoms with Crippen LogP contribution in [0.2, 0.25) is 0 Å². The monoisotopic (exact) mass is 558 g/mol. The zero-order valence-electron chi connectivity index (χ0n) is 23.9. The maximum Gasteiger partial charge on any atom is 0.0794 e. The van der Waals surface area contributed by atoms with E-state index in [-0.39, 0.29) is 0 Å². The van der Waals surface area contributed by atoms with Gasteiger partial charge < -0.3 is 0 Å². The van der Waals surface area contributed by atoms with Gasteiger partial charge in [0.25, 0.3) is 0 Å². The minimum absolute atomic E-state index is 1.02. The molecule has 0 spiro atoms. The van der Waals surface area contributed by atoms with E-state index < -0.39 is 0 Å². The number of hydrogen-bond acceptors (Lipinski definition) is 2. The fourth-order valence-corrected chi connectivity index (χ4v) is 6.86. The summed E-state index contributed by atoms with van der Waals surface area (Å²) in [5, 5.41) is 8.21. The van der Waals surface area contributed by atoms with E-state index in [1.54, 1.807) is 0 Å². The van der Waals surface area contributed by atoms with Crippen molar-refractivity contribution < 1.29 is 0 Å². The molecule has 204 valence electrons. The molecule has 7 aromatic carbocycles. The fourth-order valence-electron chi connectivity index (χ4n) is 6.86. The summed E-state index contributed by atoms with van der Waals surface area (Å²) in [5.74, 6) is 0. The smallest absolute Gasteiger partial charge is 0.0794 e. The lowest BCUT2D eigenvalue weighted by Crippen LogP contribution is -1.93. The van der Waals surface area contributed by atoms with Crippen molar-refractivity contribution in [1.29, 1.82) is 0 Å². The number of aromatic nitrogens is 2. The molecule has 9 rings (SSSR count). The standard InChI is InChI=1S/C42H26N2/c1-3-17-33-27(10-1)21-23-37-39(38-24-22-28-11-2-4-18-34(28)42(38)44-41(33)37)31-14-7-13-30(26-31)32-16-5-6-19-35(32)36-20-8-12-29-15-9-25-43-40(29)36/h1-26H. The van der Waals surface area contributed by atoms with Gasteiger partial charge in [-0.2, -0.15) is 0 Å². The highest BCUT2D eigenvalue weighted by atomic mass is 14.7. The Kier molecular flexibility index (Phi) is 5.54. The predicted octanol–water partition coefficient (Wildman–Crippen LogP) is 11.2. The summed E-state index contributed by atoms with van der Waals surface area (Å²) in [6.07, 6.45) is 1.88. The van der Waals surface area contributed by atoms with Crippen LogP contribution in [0.5, 0.6) is 0 Å². The average Bonchev–Trinajstić information content (AvgIpc) is 3.10. The molecule has 0 amide bonds. The van der Waals surface area contributed by atoms with Gasteiger partial charge in [0, 0.05) is 44.3 Å². The van der Waals surface area contributed by atoms with Crippen LogP contribution in [0.4, 0.5) is 0 Å². The molecule has 44 heavy (non-hydrogen) atoms. The van der Waals surface area contributed by atoms with Gasteiger partial charge in [-0.3, -0.25) is 4.98 Å². The highest BCUT2D eigenvalue weighted by Gasteiger charge is 2.17. The molecule has 0 radical (unpaired) electrons. The molecule has 0 saturated carbocycles. The molecule has 0 fully saturated rings. The Labute approximate surface area is 254 Å². The Bertz CT molecular complexity index is 2460. The third-order valence-corrected chi connectivity index (χ3v) is 8.88. The first kappa shape index (κ1) is 24.7. The highest BCUT2D eigenvalue weighted by molar-refractivity contribution is 6.21. The summed E-state index contributed by atoms with van der Waals surface area (Å²) in [5.41, 5.74) is 10.2. The van der Waals surface area contributed by atoms with Crippen molar-refractivity contribution in [2.75, 3.05) is 0 Å². The molecule has 2 aromatic heterocycles. The number of para-hydroxylation sites is 1. The summed E-state index contributed by atoms with van der Waals surface area (Å²) < 4.78 is 0.